The van der Waals surface area contributed by atoms with Crippen molar-refractivity contribution >= 4 is 45.4 Å². The maximum Gasteiger partial charge on any atom is 0.327 e. The summed E-state index contributed by atoms with van der Waals surface area (Å²) in [4.78, 5) is 25.0. The van der Waals surface area contributed by atoms with Crippen LogP contribution in [0.2, 0.25) is 0 Å². The third kappa shape index (κ3) is 3.09. The van der Waals surface area contributed by atoms with Gasteiger partial charge in [-0.05, 0) is 34.5 Å². The molecular weight excluding hydrogens is 344 g/mol. The lowest BCUT2D eigenvalue weighted by atomic mass is 10.2. The topological polar surface area (TPSA) is 69.6 Å². The molecule has 20 heavy (non-hydrogen) atoms. The number of amides is 2. The summed E-state index contributed by atoms with van der Waals surface area (Å²) in [6.45, 7) is 1.95. The van der Waals surface area contributed by atoms with Crippen LogP contribution in [0, 0.1) is 0 Å². The van der Waals surface area contributed by atoms with E-state index >= 15 is 0 Å². The zero-order chi connectivity index (χ0) is 14.7. The monoisotopic (exact) mass is 358 g/mol. The van der Waals surface area contributed by atoms with Crippen LogP contribution in [0.15, 0.2) is 28.7 Å². The van der Waals surface area contributed by atoms with E-state index < -0.39 is 12.0 Å². The standard InChI is InChI=1S/C13H15BrN2O3S/c1-2-11-16(10(7-20-11)12(17)18)13(19)15-9-6-4-3-5-8(9)14/h3-6,10-11H,2,7H2,1H3,(H,15,19)(H,17,18). The van der Waals surface area contributed by atoms with Gasteiger partial charge in [-0.1, -0.05) is 19.1 Å². The molecular formula is C13H15BrN2O3S. The zero-order valence-electron chi connectivity index (χ0n) is 10.9. The molecule has 2 unspecified atom stereocenters. The summed E-state index contributed by atoms with van der Waals surface area (Å²) in [6.07, 6.45) is 0.720. The zero-order valence-corrected chi connectivity index (χ0v) is 13.3. The van der Waals surface area contributed by atoms with Crippen LogP contribution >= 0.6 is 27.7 Å². The minimum atomic E-state index is -0.962. The predicted molar refractivity (Wildman–Crippen MR) is 83.0 cm³/mol. The first-order valence-electron chi connectivity index (χ1n) is 6.22. The number of rotatable bonds is 3. The number of hydrogen-bond acceptors (Lipinski definition) is 3. The maximum atomic E-state index is 12.4. The van der Waals surface area contributed by atoms with E-state index in [-0.39, 0.29) is 11.4 Å². The highest BCUT2D eigenvalue weighted by Crippen LogP contribution is 2.32. The van der Waals surface area contributed by atoms with E-state index in [1.54, 1.807) is 6.07 Å². The normalized spacial score (nSPS) is 21.8. The molecule has 108 valence electrons. The number of urea groups is 1. The first-order chi connectivity index (χ1) is 9.54. The lowest BCUT2D eigenvalue weighted by Crippen LogP contribution is -2.47. The van der Waals surface area contributed by atoms with Gasteiger partial charge in [0.05, 0.1) is 11.1 Å². The smallest absolute Gasteiger partial charge is 0.327 e. The van der Waals surface area contributed by atoms with Crippen LogP contribution in [-0.4, -0.2) is 39.2 Å². The fourth-order valence-corrected chi connectivity index (χ4v) is 3.81. The van der Waals surface area contributed by atoms with Gasteiger partial charge >= 0.3 is 12.0 Å². The third-order valence-electron chi connectivity index (χ3n) is 3.08. The fraction of sp³-hybridized carbons (Fsp3) is 0.385. The molecule has 2 amide bonds. The van der Waals surface area contributed by atoms with Crippen molar-refractivity contribution in [2.24, 2.45) is 0 Å². The summed E-state index contributed by atoms with van der Waals surface area (Å²) in [5.41, 5.74) is 0.633. The third-order valence-corrected chi connectivity index (χ3v) is 5.22. The van der Waals surface area contributed by atoms with Crippen LogP contribution in [0.5, 0.6) is 0 Å². The average Bonchev–Trinajstić information content (AvgIpc) is 2.85. The van der Waals surface area contributed by atoms with Gasteiger partial charge in [0.25, 0.3) is 0 Å². The van der Waals surface area contributed by atoms with Crippen LogP contribution in [0.4, 0.5) is 10.5 Å². The number of hydrogen-bond donors (Lipinski definition) is 2. The van der Waals surface area contributed by atoms with Crippen molar-refractivity contribution in [2.45, 2.75) is 24.8 Å². The van der Waals surface area contributed by atoms with Crippen LogP contribution in [0.25, 0.3) is 0 Å². The van der Waals surface area contributed by atoms with Crippen molar-refractivity contribution in [3.63, 3.8) is 0 Å². The van der Waals surface area contributed by atoms with Gasteiger partial charge in [0.15, 0.2) is 0 Å². The van der Waals surface area contributed by atoms with Crippen molar-refractivity contribution in [1.29, 1.82) is 0 Å². The first-order valence-corrected chi connectivity index (χ1v) is 8.07. The molecule has 0 aliphatic carbocycles. The van der Waals surface area contributed by atoms with Crippen LogP contribution in [0.1, 0.15) is 13.3 Å². The molecule has 1 aliphatic heterocycles. The summed E-state index contributed by atoms with van der Waals surface area (Å²) >= 11 is 4.86. The molecule has 1 saturated heterocycles. The number of anilines is 1. The van der Waals surface area contributed by atoms with Crippen molar-refractivity contribution in [3.8, 4) is 0 Å². The molecule has 0 spiro atoms. The van der Waals surface area contributed by atoms with Crippen molar-refractivity contribution in [1.82, 2.24) is 4.90 Å². The number of aliphatic carboxylic acids is 1. The van der Waals surface area contributed by atoms with E-state index in [4.69, 9.17) is 0 Å². The molecule has 2 rings (SSSR count). The largest absolute Gasteiger partial charge is 0.480 e. The van der Waals surface area contributed by atoms with Gasteiger partial charge in [-0.3, -0.25) is 4.90 Å². The van der Waals surface area contributed by atoms with E-state index in [0.717, 1.165) is 10.9 Å². The molecule has 1 aromatic rings. The van der Waals surface area contributed by atoms with Crippen molar-refractivity contribution in [2.75, 3.05) is 11.1 Å². The highest BCUT2D eigenvalue weighted by atomic mass is 79.9. The lowest BCUT2D eigenvalue weighted by Gasteiger charge is -2.27. The number of carboxylic acids is 1. The SMILES string of the molecule is CCC1SCC(C(=O)O)N1C(=O)Nc1ccccc1Br. The Kier molecular flexibility index (Phi) is 4.93. The number of carbonyl (C=O) groups is 2. The highest BCUT2D eigenvalue weighted by Gasteiger charge is 2.40. The van der Waals surface area contributed by atoms with Gasteiger partial charge < -0.3 is 10.4 Å². The summed E-state index contributed by atoms with van der Waals surface area (Å²) in [5, 5.41) is 11.9. The quantitative estimate of drug-likeness (QED) is 0.870. The maximum absolute atomic E-state index is 12.4. The second-order valence-corrected chi connectivity index (χ2v) is 6.43. The lowest BCUT2D eigenvalue weighted by molar-refractivity contribution is -0.141. The van der Waals surface area contributed by atoms with E-state index in [0.29, 0.717) is 11.4 Å². The molecule has 1 fully saturated rings. The molecule has 0 radical (unpaired) electrons. The number of benzene rings is 1. The van der Waals surface area contributed by atoms with Gasteiger partial charge in [-0.15, -0.1) is 11.8 Å². The first kappa shape index (κ1) is 15.2. The Morgan fingerprint density at radius 2 is 2.20 bits per heavy atom. The van der Waals surface area contributed by atoms with Gasteiger partial charge in [0.1, 0.15) is 6.04 Å². The van der Waals surface area contributed by atoms with Crippen LogP contribution < -0.4 is 5.32 Å². The van der Waals surface area contributed by atoms with Crippen molar-refractivity contribution < 1.29 is 14.7 Å². The van der Waals surface area contributed by atoms with Crippen LogP contribution in [0.3, 0.4) is 0 Å². The fourth-order valence-electron chi connectivity index (χ4n) is 2.08. The van der Waals surface area contributed by atoms with Gasteiger partial charge in [-0.2, -0.15) is 0 Å². The molecule has 2 N–H and O–H groups in total. The molecule has 2 atom stereocenters. The minimum Gasteiger partial charge on any atom is -0.480 e. The summed E-state index contributed by atoms with van der Waals surface area (Å²) in [7, 11) is 0. The molecule has 0 aromatic heterocycles. The summed E-state index contributed by atoms with van der Waals surface area (Å²) < 4.78 is 0.764. The summed E-state index contributed by atoms with van der Waals surface area (Å²) in [6, 6.07) is 6.10. The Bertz CT molecular complexity index is 526. The van der Waals surface area contributed by atoms with E-state index in [9.17, 15) is 14.7 Å². The Hall–Kier alpha value is -1.21. The van der Waals surface area contributed by atoms with Crippen molar-refractivity contribution in [3.05, 3.63) is 28.7 Å². The number of carbonyl (C=O) groups excluding carboxylic acids is 1. The average molecular weight is 359 g/mol. The van der Waals surface area contributed by atoms with E-state index in [2.05, 4.69) is 21.2 Å². The second kappa shape index (κ2) is 6.49. The van der Waals surface area contributed by atoms with Crippen LogP contribution in [-0.2, 0) is 4.79 Å². The number of nitrogens with one attached hydrogen (secondary N) is 1. The Balaban J connectivity index is 2.17. The molecule has 1 aromatic carbocycles. The number of carboxylic acid groups (broad SMARTS) is 1. The second-order valence-electron chi connectivity index (χ2n) is 4.37. The molecule has 0 saturated carbocycles. The predicted octanol–water partition coefficient (Wildman–Crippen LogP) is 3.22. The molecule has 1 aliphatic rings. The molecule has 0 bridgehead atoms. The van der Waals surface area contributed by atoms with E-state index in [1.807, 2.05) is 25.1 Å². The van der Waals surface area contributed by atoms with Gasteiger partial charge in [-0.25, -0.2) is 9.59 Å². The van der Waals surface area contributed by atoms with Gasteiger partial charge in [0, 0.05) is 10.2 Å². The molecule has 1 heterocycles. The Labute approximate surface area is 129 Å². The number of thioether (sulfide) groups is 1. The number of para-hydroxylation sites is 1. The van der Waals surface area contributed by atoms with E-state index in [1.165, 1.54) is 16.7 Å². The molecule has 7 heteroatoms. The number of halogens is 1. The minimum absolute atomic E-state index is 0.0985. The summed E-state index contributed by atoms with van der Waals surface area (Å²) in [5.74, 6) is -0.534. The Morgan fingerprint density at radius 1 is 1.50 bits per heavy atom. The Morgan fingerprint density at radius 3 is 2.80 bits per heavy atom. The molecule has 5 nitrogen and oxygen atoms in total. The number of nitrogens with zero attached hydrogens (tertiary/aromatic N) is 1. The highest BCUT2D eigenvalue weighted by molar-refractivity contribution is 9.10. The van der Waals surface area contributed by atoms with Gasteiger partial charge in [0.2, 0.25) is 0 Å².